The first-order chi connectivity index (χ1) is 9.28. The predicted octanol–water partition coefficient (Wildman–Crippen LogP) is 1.25. The van der Waals surface area contributed by atoms with E-state index >= 15 is 0 Å². The van der Waals surface area contributed by atoms with Crippen LogP contribution in [-0.2, 0) is 0 Å². The van der Waals surface area contributed by atoms with Crippen molar-refractivity contribution in [2.24, 2.45) is 11.7 Å². The van der Waals surface area contributed by atoms with Crippen molar-refractivity contribution < 1.29 is 0 Å². The average molecular weight is 261 g/mol. The molecule has 1 aliphatic heterocycles. The van der Waals surface area contributed by atoms with Gasteiger partial charge in [-0.05, 0) is 38.1 Å². The average Bonchev–Trinajstić information content (AvgIpc) is 2.85. The highest BCUT2D eigenvalue weighted by Gasteiger charge is 2.25. The van der Waals surface area contributed by atoms with E-state index in [-0.39, 0.29) is 0 Å². The molecule has 2 fully saturated rings. The first kappa shape index (κ1) is 12.7. The lowest BCUT2D eigenvalue weighted by Crippen LogP contribution is -2.37. The molecule has 2 heterocycles. The SMILES string of the molecule is CN(c1cc(N2CCC(CN)C2)ncn1)C1CCC1. The van der Waals surface area contributed by atoms with Crippen LogP contribution >= 0.6 is 0 Å². The van der Waals surface area contributed by atoms with Crippen LogP contribution in [0.3, 0.4) is 0 Å². The molecule has 0 aromatic carbocycles. The van der Waals surface area contributed by atoms with Gasteiger partial charge in [0.05, 0.1) is 0 Å². The molecule has 19 heavy (non-hydrogen) atoms. The molecule has 1 saturated heterocycles. The second-order valence-corrected chi connectivity index (χ2v) is 5.77. The van der Waals surface area contributed by atoms with E-state index in [9.17, 15) is 0 Å². The molecule has 2 aliphatic rings. The van der Waals surface area contributed by atoms with Crippen LogP contribution in [0, 0.1) is 5.92 Å². The Morgan fingerprint density at radius 1 is 1.37 bits per heavy atom. The van der Waals surface area contributed by atoms with Crippen molar-refractivity contribution in [3.8, 4) is 0 Å². The minimum absolute atomic E-state index is 0.614. The molecule has 0 radical (unpaired) electrons. The van der Waals surface area contributed by atoms with E-state index in [0.29, 0.717) is 12.0 Å². The molecule has 3 rings (SSSR count). The summed E-state index contributed by atoms with van der Waals surface area (Å²) in [5, 5.41) is 0. The summed E-state index contributed by atoms with van der Waals surface area (Å²) in [5.74, 6) is 2.71. The Kier molecular flexibility index (Phi) is 3.55. The van der Waals surface area contributed by atoms with Gasteiger partial charge in [-0.3, -0.25) is 0 Å². The van der Waals surface area contributed by atoms with Crippen molar-refractivity contribution in [2.45, 2.75) is 31.7 Å². The number of aromatic nitrogens is 2. The Morgan fingerprint density at radius 2 is 2.21 bits per heavy atom. The van der Waals surface area contributed by atoms with E-state index in [1.54, 1.807) is 6.33 Å². The van der Waals surface area contributed by atoms with Crippen molar-refractivity contribution in [3.05, 3.63) is 12.4 Å². The number of nitrogens with two attached hydrogens (primary N) is 1. The van der Waals surface area contributed by atoms with E-state index < -0.39 is 0 Å². The topological polar surface area (TPSA) is 58.3 Å². The summed E-state index contributed by atoms with van der Waals surface area (Å²) < 4.78 is 0. The summed E-state index contributed by atoms with van der Waals surface area (Å²) in [7, 11) is 2.14. The van der Waals surface area contributed by atoms with Gasteiger partial charge in [0.15, 0.2) is 0 Å². The normalized spacial score (nSPS) is 23.5. The monoisotopic (exact) mass is 261 g/mol. The van der Waals surface area contributed by atoms with Gasteiger partial charge in [-0.25, -0.2) is 9.97 Å². The highest BCUT2D eigenvalue weighted by Crippen LogP contribution is 2.29. The maximum atomic E-state index is 5.75. The number of nitrogens with zero attached hydrogens (tertiary/aromatic N) is 4. The van der Waals surface area contributed by atoms with Gasteiger partial charge in [-0.2, -0.15) is 0 Å². The number of hydrogen-bond donors (Lipinski definition) is 1. The van der Waals surface area contributed by atoms with Gasteiger partial charge < -0.3 is 15.5 Å². The molecule has 1 atom stereocenters. The lowest BCUT2D eigenvalue weighted by Gasteiger charge is -2.35. The van der Waals surface area contributed by atoms with Crippen LogP contribution < -0.4 is 15.5 Å². The zero-order chi connectivity index (χ0) is 13.2. The highest BCUT2D eigenvalue weighted by molar-refractivity contribution is 5.51. The van der Waals surface area contributed by atoms with Crippen LogP contribution in [0.2, 0.25) is 0 Å². The minimum Gasteiger partial charge on any atom is -0.357 e. The second-order valence-electron chi connectivity index (χ2n) is 5.77. The quantitative estimate of drug-likeness (QED) is 0.884. The Morgan fingerprint density at radius 3 is 2.84 bits per heavy atom. The molecule has 1 unspecified atom stereocenters. The standard InChI is InChI=1S/C14H23N5/c1-18(12-3-2-4-12)13-7-14(17-10-16-13)19-6-5-11(8-15)9-19/h7,10-12H,2-6,8-9,15H2,1H3. The van der Waals surface area contributed by atoms with E-state index in [2.05, 4.69) is 32.9 Å². The Balaban J connectivity index is 1.72. The van der Waals surface area contributed by atoms with E-state index in [1.807, 2.05) is 0 Å². The van der Waals surface area contributed by atoms with Gasteiger partial charge in [0, 0.05) is 32.2 Å². The van der Waals surface area contributed by atoms with Crippen LogP contribution in [0.15, 0.2) is 12.4 Å². The summed E-state index contributed by atoms with van der Waals surface area (Å²) in [4.78, 5) is 13.5. The van der Waals surface area contributed by atoms with Crippen molar-refractivity contribution in [2.75, 3.05) is 36.5 Å². The van der Waals surface area contributed by atoms with Crippen LogP contribution in [0.25, 0.3) is 0 Å². The lowest BCUT2D eigenvalue weighted by molar-refractivity contribution is 0.399. The molecular weight excluding hydrogens is 238 g/mol. The molecule has 1 aromatic heterocycles. The van der Waals surface area contributed by atoms with Gasteiger partial charge in [0.25, 0.3) is 0 Å². The summed E-state index contributed by atoms with van der Waals surface area (Å²) in [5.41, 5.74) is 5.75. The van der Waals surface area contributed by atoms with Crippen LogP contribution in [0.4, 0.5) is 11.6 Å². The fourth-order valence-electron chi connectivity index (χ4n) is 2.90. The van der Waals surface area contributed by atoms with Gasteiger partial charge in [0.1, 0.15) is 18.0 Å². The predicted molar refractivity (Wildman–Crippen MR) is 77.4 cm³/mol. The fourth-order valence-corrected chi connectivity index (χ4v) is 2.90. The van der Waals surface area contributed by atoms with Crippen molar-refractivity contribution in [3.63, 3.8) is 0 Å². The highest BCUT2D eigenvalue weighted by atomic mass is 15.2. The lowest BCUT2D eigenvalue weighted by atomic mass is 9.92. The fraction of sp³-hybridized carbons (Fsp3) is 0.714. The Bertz CT molecular complexity index is 432. The van der Waals surface area contributed by atoms with Gasteiger partial charge in [0.2, 0.25) is 0 Å². The number of anilines is 2. The zero-order valence-corrected chi connectivity index (χ0v) is 11.6. The van der Waals surface area contributed by atoms with Crippen molar-refractivity contribution in [1.29, 1.82) is 0 Å². The van der Waals surface area contributed by atoms with Gasteiger partial charge in [-0.15, -0.1) is 0 Å². The third kappa shape index (κ3) is 2.52. The minimum atomic E-state index is 0.614. The van der Waals surface area contributed by atoms with Gasteiger partial charge >= 0.3 is 0 Å². The zero-order valence-electron chi connectivity index (χ0n) is 11.6. The largest absolute Gasteiger partial charge is 0.357 e. The van der Waals surface area contributed by atoms with Crippen molar-refractivity contribution in [1.82, 2.24) is 9.97 Å². The maximum Gasteiger partial charge on any atom is 0.134 e. The molecule has 1 aliphatic carbocycles. The molecule has 0 bridgehead atoms. The second kappa shape index (κ2) is 5.33. The van der Waals surface area contributed by atoms with Crippen LogP contribution in [0.1, 0.15) is 25.7 Å². The summed E-state index contributed by atoms with van der Waals surface area (Å²) in [6, 6.07) is 2.79. The first-order valence-corrected chi connectivity index (χ1v) is 7.28. The molecule has 0 amide bonds. The molecule has 1 saturated carbocycles. The molecule has 104 valence electrons. The molecular formula is C14H23N5. The first-order valence-electron chi connectivity index (χ1n) is 7.28. The number of hydrogen-bond acceptors (Lipinski definition) is 5. The maximum absolute atomic E-state index is 5.75. The van der Waals surface area contributed by atoms with E-state index in [1.165, 1.54) is 25.7 Å². The molecule has 1 aromatic rings. The summed E-state index contributed by atoms with van der Waals surface area (Å²) in [6.45, 7) is 2.86. The smallest absolute Gasteiger partial charge is 0.134 e. The van der Waals surface area contributed by atoms with Gasteiger partial charge in [-0.1, -0.05) is 0 Å². The van der Waals surface area contributed by atoms with E-state index in [0.717, 1.165) is 31.3 Å². The third-order valence-electron chi connectivity index (χ3n) is 4.57. The Hall–Kier alpha value is -1.36. The van der Waals surface area contributed by atoms with Crippen LogP contribution in [-0.4, -0.2) is 42.7 Å². The summed E-state index contributed by atoms with van der Waals surface area (Å²) >= 11 is 0. The molecule has 5 nitrogen and oxygen atoms in total. The molecule has 2 N–H and O–H groups in total. The molecule has 0 spiro atoms. The number of rotatable bonds is 4. The third-order valence-corrected chi connectivity index (χ3v) is 4.57. The summed E-state index contributed by atoms with van der Waals surface area (Å²) in [6.07, 6.45) is 6.78. The molecule has 5 heteroatoms. The van der Waals surface area contributed by atoms with Crippen molar-refractivity contribution >= 4 is 11.6 Å². The Labute approximate surface area is 114 Å². The van der Waals surface area contributed by atoms with E-state index in [4.69, 9.17) is 5.73 Å². The van der Waals surface area contributed by atoms with Crippen LogP contribution in [0.5, 0.6) is 0 Å².